The molecule has 1 aliphatic carbocycles. The van der Waals surface area contributed by atoms with Crippen molar-refractivity contribution in [2.45, 2.75) is 91.0 Å². The van der Waals surface area contributed by atoms with Crippen molar-refractivity contribution in [1.82, 2.24) is 9.47 Å². The van der Waals surface area contributed by atoms with E-state index < -0.39 is 0 Å². The number of aromatic nitrogens is 1. The lowest BCUT2D eigenvalue weighted by molar-refractivity contribution is -0.124. The van der Waals surface area contributed by atoms with Gasteiger partial charge in [-0.3, -0.25) is 19.1 Å². The number of carbonyl (C=O) groups excluding carboxylic acids is 1. The Morgan fingerprint density at radius 2 is 1.83 bits per heavy atom. The quantitative estimate of drug-likeness (QED) is 0.420. The summed E-state index contributed by atoms with van der Waals surface area (Å²) in [6.45, 7) is 9.62. The molecule has 188 valence electrons. The molecule has 0 radical (unpaired) electrons. The fraction of sp³-hybridized carbons (Fsp3) is 0.615. The van der Waals surface area contributed by atoms with Crippen LogP contribution in [0.2, 0.25) is 0 Å². The molecule has 2 atom stereocenters. The maximum absolute atomic E-state index is 13.5. The zero-order valence-corrected chi connectivity index (χ0v) is 22.6. The van der Waals surface area contributed by atoms with E-state index in [9.17, 15) is 14.9 Å². The minimum Gasteiger partial charge on any atom is -0.372 e. The smallest absolute Gasteiger partial charge is 0.270 e. The van der Waals surface area contributed by atoms with Crippen LogP contribution in [0.1, 0.15) is 76.0 Å². The first-order chi connectivity index (χ1) is 16.8. The standard InChI is InChI=1S/C26H34N4O3S2/c1-5-11-29-23(28-14-16(2)33-17(3)15-28)20(18(4)21(13-27)24(29)31)12-22-25(32)30(26(34)35-22)19-9-7-6-8-10-19/h12,16-17,19H,5-11,14-15H2,1-4H3/b22-12-. The van der Waals surface area contributed by atoms with Crippen LogP contribution in [0.15, 0.2) is 9.70 Å². The van der Waals surface area contributed by atoms with Crippen LogP contribution in [0.4, 0.5) is 5.82 Å². The Hall–Kier alpha value is -2.15. The number of thiocarbonyl (C=S) groups is 1. The van der Waals surface area contributed by atoms with Crippen molar-refractivity contribution in [3.8, 4) is 6.07 Å². The Labute approximate surface area is 217 Å². The second kappa shape index (κ2) is 10.9. The van der Waals surface area contributed by atoms with Crippen LogP contribution in [0.5, 0.6) is 0 Å². The number of carbonyl (C=O) groups is 1. The van der Waals surface area contributed by atoms with E-state index in [1.165, 1.54) is 18.2 Å². The van der Waals surface area contributed by atoms with Gasteiger partial charge in [0.25, 0.3) is 11.5 Å². The van der Waals surface area contributed by atoms with Gasteiger partial charge in [0.2, 0.25) is 0 Å². The first-order valence-electron chi connectivity index (χ1n) is 12.6. The summed E-state index contributed by atoms with van der Waals surface area (Å²) in [6, 6.07) is 2.28. The third-order valence-corrected chi connectivity index (χ3v) is 8.38. The molecule has 0 spiro atoms. The van der Waals surface area contributed by atoms with Crippen LogP contribution in [-0.2, 0) is 16.1 Å². The van der Waals surface area contributed by atoms with Crippen LogP contribution >= 0.6 is 24.0 Å². The average molecular weight is 515 g/mol. The third kappa shape index (κ3) is 5.07. The van der Waals surface area contributed by atoms with Crippen LogP contribution in [0.25, 0.3) is 6.08 Å². The van der Waals surface area contributed by atoms with Crippen molar-refractivity contribution in [3.05, 3.63) is 31.9 Å². The van der Waals surface area contributed by atoms with Gasteiger partial charge in [0.1, 0.15) is 21.8 Å². The molecule has 3 heterocycles. The number of nitriles is 1. The second-order valence-electron chi connectivity index (χ2n) is 9.81. The van der Waals surface area contributed by atoms with Crippen LogP contribution in [0, 0.1) is 18.3 Å². The second-order valence-corrected chi connectivity index (χ2v) is 11.5. The van der Waals surface area contributed by atoms with Crippen LogP contribution < -0.4 is 10.5 Å². The van der Waals surface area contributed by atoms with Crippen molar-refractivity contribution in [2.75, 3.05) is 18.0 Å². The Balaban J connectivity index is 1.86. The highest BCUT2D eigenvalue weighted by Crippen LogP contribution is 2.39. The molecule has 2 saturated heterocycles. The Morgan fingerprint density at radius 3 is 2.43 bits per heavy atom. The van der Waals surface area contributed by atoms with Gasteiger partial charge in [-0.05, 0) is 51.7 Å². The van der Waals surface area contributed by atoms with Gasteiger partial charge in [-0.25, -0.2) is 0 Å². The maximum atomic E-state index is 13.5. The summed E-state index contributed by atoms with van der Waals surface area (Å²) in [5, 5.41) is 9.85. The summed E-state index contributed by atoms with van der Waals surface area (Å²) in [5.74, 6) is 0.700. The summed E-state index contributed by atoms with van der Waals surface area (Å²) in [7, 11) is 0. The number of ether oxygens (including phenoxy) is 1. The Kier molecular flexibility index (Phi) is 8.04. The molecule has 3 fully saturated rings. The fourth-order valence-corrected chi connectivity index (χ4v) is 6.91. The topological polar surface area (TPSA) is 78.6 Å². The van der Waals surface area contributed by atoms with E-state index in [0.29, 0.717) is 34.4 Å². The molecule has 35 heavy (non-hydrogen) atoms. The van der Waals surface area contributed by atoms with Crippen molar-refractivity contribution >= 4 is 46.1 Å². The lowest BCUT2D eigenvalue weighted by atomic mass is 9.94. The molecule has 7 nitrogen and oxygen atoms in total. The molecule has 1 amide bonds. The number of morpholine rings is 1. The molecule has 2 unspecified atom stereocenters. The largest absolute Gasteiger partial charge is 0.372 e. The number of nitrogens with zero attached hydrogens (tertiary/aromatic N) is 4. The van der Waals surface area contributed by atoms with Crippen molar-refractivity contribution in [1.29, 1.82) is 5.26 Å². The van der Waals surface area contributed by atoms with E-state index in [1.54, 1.807) is 16.4 Å². The summed E-state index contributed by atoms with van der Waals surface area (Å²) in [5.41, 5.74) is 1.21. The van der Waals surface area contributed by atoms with E-state index >= 15 is 0 Å². The third-order valence-electron chi connectivity index (χ3n) is 7.05. The first kappa shape index (κ1) is 25.9. The molecular formula is C26H34N4O3S2. The van der Waals surface area contributed by atoms with Crippen LogP contribution in [-0.4, -0.2) is 51.0 Å². The summed E-state index contributed by atoms with van der Waals surface area (Å²) in [6.07, 6.45) is 8.01. The van der Waals surface area contributed by atoms with Gasteiger partial charge >= 0.3 is 0 Å². The van der Waals surface area contributed by atoms with Gasteiger partial charge in [0.15, 0.2) is 0 Å². The molecule has 0 N–H and O–H groups in total. The molecule has 9 heteroatoms. The number of thioether (sulfide) groups is 1. The van der Waals surface area contributed by atoms with Gasteiger partial charge in [0, 0.05) is 31.2 Å². The molecule has 0 aromatic carbocycles. The summed E-state index contributed by atoms with van der Waals surface area (Å²) < 4.78 is 8.26. The van der Waals surface area contributed by atoms with Crippen molar-refractivity contribution in [2.24, 2.45) is 0 Å². The van der Waals surface area contributed by atoms with Crippen LogP contribution in [0.3, 0.4) is 0 Å². The minimum absolute atomic E-state index is 0.00256. The molecule has 4 rings (SSSR count). The average Bonchev–Trinajstić information content (AvgIpc) is 3.10. The molecule has 0 bridgehead atoms. The Morgan fingerprint density at radius 1 is 1.17 bits per heavy atom. The molecule has 3 aliphatic rings. The SMILES string of the molecule is CCCn1c(N2CC(C)OC(C)C2)c(/C=C2\SC(=S)N(C3CCCCC3)C2=O)c(C)c(C#N)c1=O. The minimum atomic E-state index is -0.277. The van der Waals surface area contributed by atoms with Gasteiger partial charge in [-0.1, -0.05) is 50.2 Å². The zero-order chi connectivity index (χ0) is 25.3. The normalized spacial score (nSPS) is 24.9. The fourth-order valence-electron chi connectivity index (χ4n) is 5.53. The number of hydrogen-bond acceptors (Lipinski definition) is 7. The number of hydrogen-bond donors (Lipinski definition) is 0. The van der Waals surface area contributed by atoms with E-state index in [4.69, 9.17) is 17.0 Å². The monoisotopic (exact) mass is 514 g/mol. The van der Waals surface area contributed by atoms with Gasteiger partial charge < -0.3 is 9.64 Å². The number of amides is 1. The molecule has 1 aromatic rings. The predicted molar refractivity (Wildman–Crippen MR) is 145 cm³/mol. The van der Waals surface area contributed by atoms with Gasteiger partial charge in [0.05, 0.1) is 17.1 Å². The van der Waals surface area contributed by atoms with Crippen molar-refractivity contribution < 1.29 is 9.53 Å². The van der Waals surface area contributed by atoms with Gasteiger partial charge in [-0.2, -0.15) is 5.26 Å². The lowest BCUT2D eigenvalue weighted by Gasteiger charge is -2.39. The summed E-state index contributed by atoms with van der Waals surface area (Å²) in [4.78, 5) is 31.4. The molecule has 1 saturated carbocycles. The predicted octanol–water partition coefficient (Wildman–Crippen LogP) is 4.59. The van der Waals surface area contributed by atoms with E-state index in [0.717, 1.165) is 43.5 Å². The highest BCUT2D eigenvalue weighted by Gasteiger charge is 2.38. The summed E-state index contributed by atoms with van der Waals surface area (Å²) >= 11 is 6.97. The van der Waals surface area contributed by atoms with E-state index in [1.807, 2.05) is 26.8 Å². The maximum Gasteiger partial charge on any atom is 0.270 e. The molecule has 1 aromatic heterocycles. The van der Waals surface area contributed by atoms with Crippen molar-refractivity contribution in [3.63, 3.8) is 0 Å². The van der Waals surface area contributed by atoms with E-state index in [-0.39, 0.29) is 35.3 Å². The number of anilines is 1. The number of rotatable bonds is 5. The Bertz CT molecular complexity index is 1140. The van der Waals surface area contributed by atoms with Gasteiger partial charge in [-0.15, -0.1) is 0 Å². The highest BCUT2D eigenvalue weighted by molar-refractivity contribution is 8.26. The molecular weight excluding hydrogens is 480 g/mol. The number of pyridine rings is 1. The van der Waals surface area contributed by atoms with E-state index in [2.05, 4.69) is 11.0 Å². The first-order valence-corrected chi connectivity index (χ1v) is 13.8. The highest BCUT2D eigenvalue weighted by atomic mass is 32.2. The zero-order valence-electron chi connectivity index (χ0n) is 21.0. The lowest BCUT2D eigenvalue weighted by Crippen LogP contribution is -2.48. The molecule has 2 aliphatic heterocycles.